The van der Waals surface area contributed by atoms with Crippen molar-refractivity contribution in [2.75, 3.05) is 7.11 Å². The molecule has 2 rings (SSSR count). The fourth-order valence-electron chi connectivity index (χ4n) is 1.66. The number of hydrogen-bond acceptors (Lipinski definition) is 5. The molecule has 114 valence electrons. The standard InChI is InChI=1S/C13H14BrNO5S/c1-19-10-4-2-9(3-5-10)7-15-21(17,18)12-6-11(8-16)20-13(12)14/h2-6,15-16H,7-8H2,1H3. The van der Waals surface area contributed by atoms with Crippen LogP contribution in [0, 0.1) is 0 Å². The van der Waals surface area contributed by atoms with E-state index in [2.05, 4.69) is 20.7 Å². The van der Waals surface area contributed by atoms with Crippen LogP contribution in [0.5, 0.6) is 5.75 Å². The van der Waals surface area contributed by atoms with Gasteiger partial charge in [0, 0.05) is 12.6 Å². The number of nitrogens with one attached hydrogen (secondary N) is 1. The average Bonchev–Trinajstić information content (AvgIpc) is 2.88. The summed E-state index contributed by atoms with van der Waals surface area (Å²) in [5, 5.41) is 8.96. The summed E-state index contributed by atoms with van der Waals surface area (Å²) in [5.74, 6) is 0.874. The Hall–Kier alpha value is -1.35. The molecule has 1 heterocycles. The van der Waals surface area contributed by atoms with Crippen LogP contribution in [0.1, 0.15) is 11.3 Å². The van der Waals surface area contributed by atoms with Crippen molar-refractivity contribution in [1.29, 1.82) is 0 Å². The van der Waals surface area contributed by atoms with Gasteiger partial charge in [-0.3, -0.25) is 0 Å². The topological polar surface area (TPSA) is 88.8 Å². The zero-order chi connectivity index (χ0) is 15.5. The first kappa shape index (κ1) is 16.0. The highest BCUT2D eigenvalue weighted by Gasteiger charge is 2.22. The van der Waals surface area contributed by atoms with E-state index in [1.807, 2.05) is 0 Å². The van der Waals surface area contributed by atoms with Crippen molar-refractivity contribution < 1.29 is 22.7 Å². The summed E-state index contributed by atoms with van der Waals surface area (Å²) in [6.07, 6.45) is 0. The van der Waals surface area contributed by atoms with E-state index in [-0.39, 0.29) is 28.5 Å². The van der Waals surface area contributed by atoms with E-state index >= 15 is 0 Å². The van der Waals surface area contributed by atoms with E-state index in [0.29, 0.717) is 5.75 Å². The monoisotopic (exact) mass is 375 g/mol. The SMILES string of the molecule is COc1ccc(CNS(=O)(=O)c2cc(CO)oc2Br)cc1. The van der Waals surface area contributed by atoms with Crippen LogP contribution >= 0.6 is 15.9 Å². The molecule has 1 aromatic carbocycles. The highest BCUT2D eigenvalue weighted by atomic mass is 79.9. The lowest BCUT2D eigenvalue weighted by Gasteiger charge is -2.06. The molecule has 0 aliphatic rings. The first-order valence-electron chi connectivity index (χ1n) is 5.98. The number of furan rings is 1. The van der Waals surface area contributed by atoms with Crippen LogP contribution in [-0.4, -0.2) is 20.6 Å². The summed E-state index contributed by atoms with van der Waals surface area (Å²) >= 11 is 3.03. The largest absolute Gasteiger partial charge is 0.497 e. The zero-order valence-electron chi connectivity index (χ0n) is 11.2. The van der Waals surface area contributed by atoms with Gasteiger partial charge in [-0.25, -0.2) is 13.1 Å². The number of ether oxygens (including phenoxy) is 1. The van der Waals surface area contributed by atoms with Crippen LogP contribution in [-0.2, 0) is 23.2 Å². The molecule has 0 saturated heterocycles. The van der Waals surface area contributed by atoms with Crippen molar-refractivity contribution >= 4 is 26.0 Å². The van der Waals surface area contributed by atoms with Crippen molar-refractivity contribution in [2.45, 2.75) is 18.0 Å². The molecule has 0 amide bonds. The quantitative estimate of drug-likeness (QED) is 0.805. The molecule has 2 N–H and O–H groups in total. The van der Waals surface area contributed by atoms with Crippen LogP contribution in [0.15, 0.2) is 44.3 Å². The lowest BCUT2D eigenvalue weighted by atomic mass is 10.2. The van der Waals surface area contributed by atoms with E-state index in [0.717, 1.165) is 5.56 Å². The minimum absolute atomic E-state index is 0.0416. The number of rotatable bonds is 6. The van der Waals surface area contributed by atoms with Crippen LogP contribution in [0.4, 0.5) is 0 Å². The summed E-state index contributed by atoms with van der Waals surface area (Å²) in [7, 11) is -2.16. The Morgan fingerprint density at radius 1 is 1.33 bits per heavy atom. The van der Waals surface area contributed by atoms with Gasteiger partial charge >= 0.3 is 0 Å². The molecule has 1 aromatic heterocycles. The smallest absolute Gasteiger partial charge is 0.245 e. The van der Waals surface area contributed by atoms with Crippen LogP contribution in [0.25, 0.3) is 0 Å². The van der Waals surface area contributed by atoms with Crippen LogP contribution < -0.4 is 9.46 Å². The number of hydrogen-bond donors (Lipinski definition) is 2. The number of sulfonamides is 1. The van der Waals surface area contributed by atoms with E-state index in [9.17, 15) is 8.42 Å². The molecular weight excluding hydrogens is 362 g/mol. The second kappa shape index (κ2) is 6.61. The van der Waals surface area contributed by atoms with E-state index in [1.165, 1.54) is 6.07 Å². The number of aliphatic hydroxyl groups is 1. The highest BCUT2D eigenvalue weighted by Crippen LogP contribution is 2.26. The van der Waals surface area contributed by atoms with Gasteiger partial charge in [-0.15, -0.1) is 0 Å². The summed E-state index contributed by atoms with van der Waals surface area (Å²) in [6, 6.07) is 8.32. The normalized spacial score (nSPS) is 11.6. The highest BCUT2D eigenvalue weighted by molar-refractivity contribution is 9.10. The molecule has 0 radical (unpaired) electrons. The predicted molar refractivity (Wildman–Crippen MR) is 79.4 cm³/mol. The molecule has 0 saturated carbocycles. The Morgan fingerprint density at radius 2 is 2.00 bits per heavy atom. The van der Waals surface area contributed by atoms with Crippen LogP contribution in [0.3, 0.4) is 0 Å². The van der Waals surface area contributed by atoms with Gasteiger partial charge in [0.05, 0.1) is 7.11 Å². The number of benzene rings is 1. The molecule has 8 heteroatoms. The molecule has 21 heavy (non-hydrogen) atoms. The molecular formula is C13H14BrNO5S. The van der Waals surface area contributed by atoms with Crippen molar-refractivity contribution in [3.63, 3.8) is 0 Å². The second-order valence-electron chi connectivity index (χ2n) is 4.18. The number of methoxy groups -OCH3 is 1. The molecule has 0 spiro atoms. The van der Waals surface area contributed by atoms with Crippen molar-refractivity contribution in [2.24, 2.45) is 0 Å². The minimum Gasteiger partial charge on any atom is -0.497 e. The van der Waals surface area contributed by atoms with Gasteiger partial charge in [-0.2, -0.15) is 0 Å². The van der Waals surface area contributed by atoms with Gasteiger partial charge in [0.1, 0.15) is 23.0 Å². The summed E-state index contributed by atoms with van der Waals surface area (Å²) < 4.78 is 37.0. The maximum atomic E-state index is 12.2. The van der Waals surface area contributed by atoms with Gasteiger partial charge in [-0.1, -0.05) is 12.1 Å². The maximum Gasteiger partial charge on any atom is 0.245 e. The Balaban J connectivity index is 2.11. The molecule has 6 nitrogen and oxygen atoms in total. The first-order chi connectivity index (χ1) is 9.96. The van der Waals surface area contributed by atoms with Crippen LogP contribution in [0.2, 0.25) is 0 Å². The third kappa shape index (κ3) is 3.85. The van der Waals surface area contributed by atoms with Crippen molar-refractivity contribution in [3.05, 3.63) is 46.3 Å². The Morgan fingerprint density at radius 3 is 2.52 bits per heavy atom. The van der Waals surface area contributed by atoms with Crippen molar-refractivity contribution in [1.82, 2.24) is 4.72 Å². The Kier molecular flexibility index (Phi) is 5.04. The third-order valence-corrected chi connectivity index (χ3v) is 5.04. The summed E-state index contributed by atoms with van der Waals surface area (Å²) in [4.78, 5) is -0.0416. The fraction of sp³-hybridized carbons (Fsp3) is 0.231. The lowest BCUT2D eigenvalue weighted by molar-refractivity contribution is 0.245. The molecule has 0 bridgehead atoms. The lowest BCUT2D eigenvalue weighted by Crippen LogP contribution is -2.23. The molecule has 2 aromatic rings. The molecule has 0 aliphatic carbocycles. The van der Waals surface area contributed by atoms with Gasteiger partial charge < -0.3 is 14.3 Å². The summed E-state index contributed by atoms with van der Waals surface area (Å²) in [5.41, 5.74) is 0.793. The molecule has 0 unspecified atom stereocenters. The van der Waals surface area contributed by atoms with E-state index < -0.39 is 10.0 Å². The fourth-order valence-corrected chi connectivity index (χ4v) is 3.67. The van der Waals surface area contributed by atoms with E-state index in [1.54, 1.807) is 31.4 Å². The second-order valence-corrected chi connectivity index (χ2v) is 6.64. The Labute approximate surface area is 130 Å². The molecule has 0 atom stereocenters. The van der Waals surface area contributed by atoms with Gasteiger partial charge in [0.25, 0.3) is 0 Å². The van der Waals surface area contributed by atoms with Crippen molar-refractivity contribution in [3.8, 4) is 5.75 Å². The number of halogens is 1. The van der Waals surface area contributed by atoms with Gasteiger partial charge in [0.2, 0.25) is 10.0 Å². The number of aliphatic hydroxyl groups excluding tert-OH is 1. The minimum atomic E-state index is -3.73. The molecule has 0 fully saturated rings. The predicted octanol–water partition coefficient (Wildman–Crippen LogP) is 2.02. The first-order valence-corrected chi connectivity index (χ1v) is 8.25. The molecule has 0 aliphatic heterocycles. The third-order valence-electron chi connectivity index (χ3n) is 2.78. The zero-order valence-corrected chi connectivity index (χ0v) is 13.6. The van der Waals surface area contributed by atoms with E-state index in [4.69, 9.17) is 14.3 Å². The summed E-state index contributed by atoms with van der Waals surface area (Å²) in [6.45, 7) is -0.231. The Bertz CT molecular complexity index is 709. The maximum absolute atomic E-state index is 12.2. The van der Waals surface area contributed by atoms with Gasteiger partial charge in [0.15, 0.2) is 4.67 Å². The average molecular weight is 376 g/mol. The van der Waals surface area contributed by atoms with Gasteiger partial charge in [-0.05, 0) is 33.6 Å².